The number of nitrogens with two attached hydrogens (primary N) is 1. The number of hydrogen-bond donors (Lipinski definition) is 1. The Morgan fingerprint density at radius 3 is 2.67 bits per heavy atom. The largest absolute Gasteiger partial charge is 0.462 e. The van der Waals surface area contributed by atoms with Gasteiger partial charge in [-0.2, -0.15) is 0 Å². The Morgan fingerprint density at radius 1 is 1.52 bits per heavy atom. The van der Waals surface area contributed by atoms with Gasteiger partial charge in [0.15, 0.2) is 0 Å². The fourth-order valence-corrected chi connectivity index (χ4v) is 1.86. The molecule has 2 N–H and O–H groups in total. The number of thiocarbonyl (C=S) groups is 1. The number of carbonyl (C=O) groups is 1. The van der Waals surface area contributed by atoms with Gasteiger partial charge in [0.2, 0.25) is 5.95 Å². The van der Waals surface area contributed by atoms with Gasteiger partial charge in [0.25, 0.3) is 0 Å². The van der Waals surface area contributed by atoms with Gasteiger partial charge in [-0.05, 0) is 20.8 Å². The summed E-state index contributed by atoms with van der Waals surface area (Å²) in [5, 5.41) is 0. The van der Waals surface area contributed by atoms with Gasteiger partial charge in [-0.3, -0.25) is 0 Å². The number of carbonyl (C=O) groups excluding carboxylic acids is 1. The van der Waals surface area contributed by atoms with Crippen LogP contribution in [0.5, 0.6) is 0 Å². The third-order valence-electron chi connectivity index (χ3n) is 3.11. The maximum absolute atomic E-state index is 11.7. The summed E-state index contributed by atoms with van der Waals surface area (Å²) in [4.78, 5) is 22.8. The van der Waals surface area contributed by atoms with Gasteiger partial charge in [-0.15, -0.1) is 0 Å². The van der Waals surface area contributed by atoms with Crippen LogP contribution in [0.15, 0.2) is 6.20 Å². The summed E-state index contributed by atoms with van der Waals surface area (Å²) in [6.45, 7) is 9.19. The van der Waals surface area contributed by atoms with Crippen molar-refractivity contribution in [3.8, 4) is 0 Å². The van der Waals surface area contributed by atoms with E-state index in [1.807, 2.05) is 18.7 Å². The van der Waals surface area contributed by atoms with Crippen molar-refractivity contribution in [2.45, 2.75) is 27.7 Å². The molecule has 21 heavy (non-hydrogen) atoms. The van der Waals surface area contributed by atoms with E-state index in [4.69, 9.17) is 22.7 Å². The smallest absolute Gasteiger partial charge is 0.341 e. The van der Waals surface area contributed by atoms with Crippen LogP contribution < -0.4 is 10.6 Å². The second-order valence-electron chi connectivity index (χ2n) is 4.73. The van der Waals surface area contributed by atoms with Gasteiger partial charge in [-0.1, -0.05) is 19.1 Å². The molecule has 0 aliphatic carbocycles. The summed E-state index contributed by atoms with van der Waals surface area (Å²) < 4.78 is 4.97. The average molecular weight is 310 g/mol. The Bertz CT molecular complexity index is 522. The van der Waals surface area contributed by atoms with E-state index < -0.39 is 5.97 Å². The molecule has 0 saturated carbocycles. The van der Waals surface area contributed by atoms with E-state index in [0.29, 0.717) is 35.3 Å². The van der Waals surface area contributed by atoms with Crippen LogP contribution in [-0.4, -0.2) is 40.6 Å². The lowest BCUT2D eigenvalue weighted by Gasteiger charge is -2.24. The molecular formula is C14H22N4O2S. The molecule has 1 heterocycles. The zero-order valence-electron chi connectivity index (χ0n) is 12.9. The quantitative estimate of drug-likeness (QED) is 0.606. The van der Waals surface area contributed by atoms with Crippen molar-refractivity contribution < 1.29 is 9.53 Å². The van der Waals surface area contributed by atoms with Crippen LogP contribution in [0.2, 0.25) is 0 Å². The highest BCUT2D eigenvalue weighted by Gasteiger charge is 2.17. The Morgan fingerprint density at radius 2 is 2.19 bits per heavy atom. The number of hydrogen-bond acceptors (Lipinski definition) is 6. The number of aromatic nitrogens is 2. The summed E-state index contributed by atoms with van der Waals surface area (Å²) in [5.74, 6) is 0.223. The van der Waals surface area contributed by atoms with Gasteiger partial charge in [0, 0.05) is 25.2 Å². The van der Waals surface area contributed by atoms with Crippen LogP contribution in [-0.2, 0) is 4.74 Å². The number of aryl methyl sites for hydroxylation is 1. The minimum atomic E-state index is -0.402. The monoisotopic (exact) mass is 310 g/mol. The van der Waals surface area contributed by atoms with E-state index >= 15 is 0 Å². The molecule has 0 fully saturated rings. The molecule has 1 unspecified atom stereocenters. The Balaban J connectivity index is 2.95. The van der Waals surface area contributed by atoms with Crippen molar-refractivity contribution in [2.75, 3.05) is 24.6 Å². The van der Waals surface area contributed by atoms with Gasteiger partial charge in [0.1, 0.15) is 0 Å². The second kappa shape index (κ2) is 7.87. The zero-order valence-corrected chi connectivity index (χ0v) is 13.7. The van der Waals surface area contributed by atoms with E-state index in [2.05, 4.69) is 9.97 Å². The first-order valence-corrected chi connectivity index (χ1v) is 7.36. The highest BCUT2D eigenvalue weighted by atomic mass is 32.1. The van der Waals surface area contributed by atoms with Crippen molar-refractivity contribution in [2.24, 2.45) is 11.7 Å². The summed E-state index contributed by atoms with van der Waals surface area (Å²) >= 11 is 4.99. The number of anilines is 1. The summed E-state index contributed by atoms with van der Waals surface area (Å²) in [7, 11) is 0. The van der Waals surface area contributed by atoms with Gasteiger partial charge < -0.3 is 15.4 Å². The normalized spacial score (nSPS) is 11.8. The molecule has 0 saturated heterocycles. The van der Waals surface area contributed by atoms with E-state index in [1.54, 1.807) is 13.8 Å². The Labute approximate surface area is 130 Å². The van der Waals surface area contributed by atoms with Crippen molar-refractivity contribution >= 4 is 29.1 Å². The van der Waals surface area contributed by atoms with E-state index in [-0.39, 0.29) is 5.92 Å². The lowest BCUT2D eigenvalue weighted by atomic mass is 10.1. The average Bonchev–Trinajstić information content (AvgIpc) is 2.44. The molecule has 0 aromatic carbocycles. The molecule has 1 aromatic rings. The first-order chi connectivity index (χ1) is 9.90. The predicted octanol–water partition coefficient (Wildman–Crippen LogP) is 1.71. The Hall–Kier alpha value is -1.76. The maximum atomic E-state index is 11.7. The topological polar surface area (TPSA) is 81.3 Å². The van der Waals surface area contributed by atoms with Gasteiger partial charge >= 0.3 is 5.97 Å². The highest BCUT2D eigenvalue weighted by Crippen LogP contribution is 2.14. The van der Waals surface area contributed by atoms with E-state index in [9.17, 15) is 4.79 Å². The molecule has 7 heteroatoms. The highest BCUT2D eigenvalue weighted by molar-refractivity contribution is 7.80. The lowest BCUT2D eigenvalue weighted by Crippen LogP contribution is -2.35. The van der Waals surface area contributed by atoms with Crippen molar-refractivity contribution in [3.05, 3.63) is 17.5 Å². The molecule has 1 aromatic heterocycles. The fraction of sp³-hybridized carbons (Fsp3) is 0.571. The fourth-order valence-electron chi connectivity index (χ4n) is 1.79. The molecule has 0 spiro atoms. The molecule has 0 aliphatic heterocycles. The van der Waals surface area contributed by atoms with Crippen LogP contribution in [0.3, 0.4) is 0 Å². The van der Waals surface area contributed by atoms with E-state index in [0.717, 1.165) is 6.54 Å². The minimum Gasteiger partial charge on any atom is -0.462 e. The lowest BCUT2D eigenvalue weighted by molar-refractivity contribution is 0.0524. The van der Waals surface area contributed by atoms with Crippen molar-refractivity contribution in [3.63, 3.8) is 0 Å². The third kappa shape index (κ3) is 4.63. The standard InChI is InChI=1S/C14H22N4O2S/c1-5-18(8-9(3)12(15)21)14-16-7-11(10(4)17-14)13(19)20-6-2/h7,9H,5-6,8H2,1-4H3,(H2,15,21). The first-order valence-electron chi connectivity index (χ1n) is 6.95. The number of ether oxygens (including phenoxy) is 1. The zero-order chi connectivity index (χ0) is 16.0. The van der Waals surface area contributed by atoms with Crippen molar-refractivity contribution in [1.29, 1.82) is 0 Å². The summed E-state index contributed by atoms with van der Waals surface area (Å²) in [5.41, 5.74) is 6.63. The molecule has 1 rings (SSSR count). The maximum Gasteiger partial charge on any atom is 0.341 e. The van der Waals surface area contributed by atoms with E-state index in [1.165, 1.54) is 6.20 Å². The van der Waals surface area contributed by atoms with Gasteiger partial charge in [-0.25, -0.2) is 14.8 Å². The summed E-state index contributed by atoms with van der Waals surface area (Å²) in [6.07, 6.45) is 1.50. The third-order valence-corrected chi connectivity index (χ3v) is 3.51. The first kappa shape index (κ1) is 17.3. The van der Waals surface area contributed by atoms with Crippen LogP contribution in [0.1, 0.15) is 36.8 Å². The summed E-state index contributed by atoms with van der Waals surface area (Å²) in [6, 6.07) is 0. The predicted molar refractivity (Wildman–Crippen MR) is 86.6 cm³/mol. The molecule has 0 radical (unpaired) electrons. The molecule has 0 aliphatic rings. The molecule has 0 amide bonds. The molecule has 0 bridgehead atoms. The van der Waals surface area contributed by atoms with Crippen LogP contribution in [0.4, 0.5) is 5.95 Å². The van der Waals surface area contributed by atoms with Crippen LogP contribution >= 0.6 is 12.2 Å². The minimum absolute atomic E-state index is 0.0635. The van der Waals surface area contributed by atoms with Crippen LogP contribution in [0.25, 0.3) is 0 Å². The molecule has 116 valence electrons. The second-order valence-corrected chi connectivity index (χ2v) is 5.20. The molecule has 1 atom stereocenters. The molecule has 6 nitrogen and oxygen atoms in total. The number of esters is 1. The number of nitrogens with zero attached hydrogens (tertiary/aromatic N) is 3. The van der Waals surface area contributed by atoms with Gasteiger partial charge in [0.05, 0.1) is 22.9 Å². The van der Waals surface area contributed by atoms with Crippen LogP contribution in [0, 0.1) is 12.8 Å². The van der Waals surface area contributed by atoms with Crippen molar-refractivity contribution in [1.82, 2.24) is 9.97 Å². The number of rotatable bonds is 7. The molecular weight excluding hydrogens is 288 g/mol. The Kier molecular flexibility index (Phi) is 6.48. The SMILES string of the molecule is CCOC(=O)c1cnc(N(CC)CC(C)C(N)=S)nc1C.